The first-order valence-corrected chi connectivity index (χ1v) is 6.29. The summed E-state index contributed by atoms with van der Waals surface area (Å²) in [5.74, 6) is 0. The number of ether oxygens (including phenoxy) is 1. The van der Waals surface area contributed by atoms with Gasteiger partial charge in [-0.2, -0.15) is 0 Å². The van der Waals surface area contributed by atoms with E-state index in [0.29, 0.717) is 0 Å². The summed E-state index contributed by atoms with van der Waals surface area (Å²) < 4.78 is 11.2. The van der Waals surface area contributed by atoms with Crippen LogP contribution in [0, 0.1) is 0 Å². The van der Waals surface area contributed by atoms with Crippen molar-refractivity contribution in [2.45, 2.75) is 18.6 Å². The molecule has 0 spiro atoms. The number of fused-ring (bicyclic) bond motifs is 1. The molecule has 2 aromatic rings. The molecule has 3 nitrogen and oxygen atoms in total. The Morgan fingerprint density at radius 3 is 2.94 bits per heavy atom. The maximum atomic E-state index is 5.98. The van der Waals surface area contributed by atoms with Crippen molar-refractivity contribution in [3.63, 3.8) is 0 Å². The maximum Gasteiger partial charge on any atom is 0.102 e. The summed E-state index contributed by atoms with van der Waals surface area (Å²) in [4.78, 5) is 0. The predicted octanol–water partition coefficient (Wildman–Crippen LogP) is 2.85. The van der Waals surface area contributed by atoms with E-state index < -0.39 is 0 Å². The Hall–Kier alpha value is -1.58. The number of furan rings is 1. The van der Waals surface area contributed by atoms with Crippen molar-refractivity contribution in [2.75, 3.05) is 13.7 Å². The first kappa shape index (κ1) is 11.5. The fourth-order valence-electron chi connectivity index (χ4n) is 2.65. The number of rotatable bonds is 3. The molecule has 0 amide bonds. The van der Waals surface area contributed by atoms with Gasteiger partial charge in [-0.3, -0.25) is 0 Å². The van der Waals surface area contributed by atoms with Gasteiger partial charge in [0.25, 0.3) is 0 Å². The molecule has 94 valence electrons. The molecule has 0 aliphatic carbocycles. The van der Waals surface area contributed by atoms with Crippen molar-refractivity contribution in [1.82, 2.24) is 5.32 Å². The van der Waals surface area contributed by atoms with Crippen molar-refractivity contribution in [1.29, 1.82) is 0 Å². The number of nitrogens with one attached hydrogen (secondary N) is 1. The Morgan fingerprint density at radius 2 is 2.17 bits per heavy atom. The van der Waals surface area contributed by atoms with Crippen molar-refractivity contribution in [3.05, 3.63) is 59.5 Å². The molecule has 1 aliphatic heterocycles. The van der Waals surface area contributed by atoms with Crippen molar-refractivity contribution >= 4 is 0 Å². The molecule has 1 N–H and O–H groups in total. The van der Waals surface area contributed by atoms with Crippen LogP contribution < -0.4 is 5.32 Å². The van der Waals surface area contributed by atoms with E-state index in [1.807, 2.05) is 13.1 Å². The lowest BCUT2D eigenvalue weighted by molar-refractivity contribution is 0.0164. The number of likely N-dealkylation sites (N-methyl/N-ethyl adjacent to an activating group) is 1. The van der Waals surface area contributed by atoms with E-state index >= 15 is 0 Å². The van der Waals surface area contributed by atoms with Crippen LogP contribution in [-0.2, 0) is 11.2 Å². The molecule has 3 heteroatoms. The Kier molecular flexibility index (Phi) is 3.17. The molecule has 0 bridgehead atoms. The van der Waals surface area contributed by atoms with E-state index in [9.17, 15) is 0 Å². The van der Waals surface area contributed by atoms with Crippen LogP contribution in [0.2, 0.25) is 0 Å². The fraction of sp³-hybridized carbons (Fsp3) is 0.333. The van der Waals surface area contributed by atoms with Gasteiger partial charge in [0, 0.05) is 5.56 Å². The van der Waals surface area contributed by atoms with Gasteiger partial charge in [0.15, 0.2) is 0 Å². The van der Waals surface area contributed by atoms with Crippen molar-refractivity contribution in [3.8, 4) is 0 Å². The molecule has 3 rings (SSSR count). The molecule has 2 unspecified atom stereocenters. The van der Waals surface area contributed by atoms with E-state index in [4.69, 9.17) is 9.15 Å². The Labute approximate surface area is 107 Å². The molecule has 0 saturated carbocycles. The maximum absolute atomic E-state index is 5.98. The number of hydrogen-bond donors (Lipinski definition) is 1. The third-order valence-corrected chi connectivity index (χ3v) is 3.55. The highest BCUT2D eigenvalue weighted by molar-refractivity contribution is 5.33. The molecule has 0 saturated heterocycles. The zero-order valence-electron chi connectivity index (χ0n) is 10.4. The molecule has 2 atom stereocenters. The topological polar surface area (TPSA) is 34.4 Å². The lowest BCUT2D eigenvalue weighted by atomic mass is 9.91. The zero-order chi connectivity index (χ0) is 12.4. The summed E-state index contributed by atoms with van der Waals surface area (Å²) >= 11 is 0. The van der Waals surface area contributed by atoms with Crippen molar-refractivity contribution in [2.24, 2.45) is 0 Å². The monoisotopic (exact) mass is 243 g/mol. The van der Waals surface area contributed by atoms with Crippen LogP contribution in [-0.4, -0.2) is 13.7 Å². The van der Waals surface area contributed by atoms with E-state index in [0.717, 1.165) is 18.6 Å². The van der Waals surface area contributed by atoms with Crippen molar-refractivity contribution < 1.29 is 9.15 Å². The number of benzene rings is 1. The SMILES string of the molecule is CNC(c1ccoc1)C1OCCc2ccccc21. The van der Waals surface area contributed by atoms with Crippen LogP contribution >= 0.6 is 0 Å². The van der Waals surface area contributed by atoms with E-state index in [-0.39, 0.29) is 12.1 Å². The first-order chi connectivity index (χ1) is 8.90. The molecule has 18 heavy (non-hydrogen) atoms. The Morgan fingerprint density at radius 1 is 1.28 bits per heavy atom. The molecule has 0 radical (unpaired) electrons. The molecule has 1 aromatic heterocycles. The average molecular weight is 243 g/mol. The quantitative estimate of drug-likeness (QED) is 0.900. The summed E-state index contributed by atoms with van der Waals surface area (Å²) in [6, 6.07) is 10.6. The van der Waals surface area contributed by atoms with Gasteiger partial charge in [0.1, 0.15) is 6.10 Å². The second-order valence-corrected chi connectivity index (χ2v) is 4.56. The van der Waals surface area contributed by atoms with E-state index in [1.165, 1.54) is 11.1 Å². The van der Waals surface area contributed by atoms with Gasteiger partial charge < -0.3 is 14.5 Å². The van der Waals surface area contributed by atoms with Crippen LogP contribution in [0.25, 0.3) is 0 Å². The van der Waals surface area contributed by atoms with Gasteiger partial charge in [-0.15, -0.1) is 0 Å². The standard InChI is InChI=1S/C15H17NO2/c1-16-14(12-6-8-17-10-12)15-13-5-3-2-4-11(13)7-9-18-15/h2-6,8,10,14-16H,7,9H2,1H3. The minimum Gasteiger partial charge on any atom is -0.472 e. The predicted molar refractivity (Wildman–Crippen MR) is 69.3 cm³/mol. The summed E-state index contributed by atoms with van der Waals surface area (Å²) in [5.41, 5.74) is 3.79. The lowest BCUT2D eigenvalue weighted by Crippen LogP contribution is -2.29. The van der Waals surface area contributed by atoms with E-state index in [1.54, 1.807) is 12.5 Å². The Bertz CT molecular complexity index is 507. The van der Waals surface area contributed by atoms with Gasteiger partial charge in [-0.05, 0) is 30.7 Å². The fourth-order valence-corrected chi connectivity index (χ4v) is 2.65. The zero-order valence-corrected chi connectivity index (χ0v) is 10.4. The minimum atomic E-state index is 0.0533. The van der Waals surface area contributed by atoms with Crippen LogP contribution in [0.1, 0.15) is 28.8 Å². The summed E-state index contributed by atoms with van der Waals surface area (Å²) in [7, 11) is 1.96. The minimum absolute atomic E-state index is 0.0533. The van der Waals surface area contributed by atoms with Gasteiger partial charge in [0.2, 0.25) is 0 Å². The Balaban J connectivity index is 1.97. The smallest absolute Gasteiger partial charge is 0.102 e. The molecular formula is C15H17NO2. The van der Waals surface area contributed by atoms with Crippen LogP contribution in [0.15, 0.2) is 47.3 Å². The van der Waals surface area contributed by atoms with Gasteiger partial charge in [-0.25, -0.2) is 0 Å². The molecule has 1 aromatic carbocycles. The summed E-state index contributed by atoms with van der Waals surface area (Å²) in [6.07, 6.45) is 4.53. The van der Waals surface area contributed by atoms with Crippen LogP contribution in [0.3, 0.4) is 0 Å². The highest BCUT2D eigenvalue weighted by Crippen LogP contribution is 2.36. The second kappa shape index (κ2) is 4.96. The second-order valence-electron chi connectivity index (χ2n) is 4.56. The normalized spacial score (nSPS) is 20.4. The van der Waals surface area contributed by atoms with Gasteiger partial charge in [-0.1, -0.05) is 24.3 Å². The highest BCUT2D eigenvalue weighted by atomic mass is 16.5. The summed E-state index contributed by atoms with van der Waals surface area (Å²) in [6.45, 7) is 0.776. The molecular weight excluding hydrogens is 226 g/mol. The largest absolute Gasteiger partial charge is 0.472 e. The third-order valence-electron chi connectivity index (χ3n) is 3.55. The van der Waals surface area contributed by atoms with Gasteiger partial charge >= 0.3 is 0 Å². The molecule has 1 aliphatic rings. The first-order valence-electron chi connectivity index (χ1n) is 6.29. The lowest BCUT2D eigenvalue weighted by Gasteiger charge is -2.31. The summed E-state index contributed by atoms with van der Waals surface area (Å²) in [5, 5.41) is 3.33. The van der Waals surface area contributed by atoms with Gasteiger partial charge in [0.05, 0.1) is 25.2 Å². The number of hydrogen-bond acceptors (Lipinski definition) is 3. The van der Waals surface area contributed by atoms with E-state index in [2.05, 4.69) is 29.6 Å². The molecule has 0 fully saturated rings. The van der Waals surface area contributed by atoms with Crippen LogP contribution in [0.4, 0.5) is 0 Å². The third kappa shape index (κ3) is 1.96. The average Bonchev–Trinajstić information content (AvgIpc) is 2.94. The highest BCUT2D eigenvalue weighted by Gasteiger charge is 2.29. The molecule has 2 heterocycles. The van der Waals surface area contributed by atoms with Crippen LogP contribution in [0.5, 0.6) is 0 Å².